The number of carbonyl (C=O) groups excluding carboxylic acids is 1. The van der Waals surface area contributed by atoms with Crippen molar-refractivity contribution in [2.24, 2.45) is 0 Å². The molecular weight excluding hydrogens is 359 g/mol. The van der Waals surface area contributed by atoms with E-state index in [4.69, 9.17) is 9.47 Å². The second kappa shape index (κ2) is 7.92. The van der Waals surface area contributed by atoms with E-state index in [0.717, 1.165) is 5.56 Å². The molecule has 2 aliphatic heterocycles. The predicted octanol–water partition coefficient (Wildman–Crippen LogP) is 2.18. The summed E-state index contributed by atoms with van der Waals surface area (Å²) in [7, 11) is -0.937. The molecule has 0 spiro atoms. The molecule has 1 unspecified atom stereocenters. The molecule has 6 nitrogen and oxygen atoms in total. The summed E-state index contributed by atoms with van der Waals surface area (Å²) >= 11 is 0. The van der Waals surface area contributed by atoms with Gasteiger partial charge in [-0.25, -0.2) is 9.18 Å². The smallest absolute Gasteiger partial charge is 0.317 e. The van der Waals surface area contributed by atoms with Gasteiger partial charge in [0.2, 0.25) is 0 Å². The van der Waals surface area contributed by atoms with Crippen molar-refractivity contribution in [1.29, 1.82) is 0 Å². The van der Waals surface area contributed by atoms with Gasteiger partial charge in [-0.1, -0.05) is 0 Å². The zero-order chi connectivity index (χ0) is 18.7. The molecular formula is C18H25FN2O4S. The summed E-state index contributed by atoms with van der Waals surface area (Å²) in [5.74, 6) is 0.807. The van der Waals surface area contributed by atoms with Gasteiger partial charge < -0.3 is 19.7 Å². The zero-order valence-electron chi connectivity index (χ0n) is 15.2. The number of fused-ring (bicyclic) bond motifs is 1. The van der Waals surface area contributed by atoms with E-state index in [0.29, 0.717) is 56.1 Å². The van der Waals surface area contributed by atoms with Gasteiger partial charge in [-0.3, -0.25) is 4.21 Å². The van der Waals surface area contributed by atoms with Crippen molar-refractivity contribution in [2.75, 3.05) is 32.2 Å². The van der Waals surface area contributed by atoms with E-state index in [9.17, 15) is 13.4 Å². The van der Waals surface area contributed by atoms with Crippen LogP contribution in [0.3, 0.4) is 0 Å². The molecule has 26 heavy (non-hydrogen) atoms. The molecule has 2 heterocycles. The van der Waals surface area contributed by atoms with Crippen molar-refractivity contribution >= 4 is 16.8 Å². The molecule has 0 radical (unpaired) electrons. The average Bonchev–Trinajstić information content (AvgIpc) is 2.73. The number of ether oxygens (including phenoxy) is 2. The van der Waals surface area contributed by atoms with Gasteiger partial charge in [0, 0.05) is 46.5 Å². The number of hydrogen-bond donors (Lipinski definition) is 1. The lowest BCUT2D eigenvalue weighted by Crippen LogP contribution is -2.42. The van der Waals surface area contributed by atoms with E-state index in [1.54, 1.807) is 4.90 Å². The summed E-state index contributed by atoms with van der Waals surface area (Å²) in [6.45, 7) is 5.87. The standard InChI is InChI=1S/C18H25FN2O4S/c1-18(2)4-6-21(7-8-26(18)23)17(22)20-5-3-13-9-15(19)10-14-11-24-12-25-16(13)14/h9-10H,3-8,11-12H2,1-2H3,(H,20,22). The van der Waals surface area contributed by atoms with Gasteiger partial charge in [0.25, 0.3) is 0 Å². The zero-order valence-corrected chi connectivity index (χ0v) is 16.0. The highest BCUT2D eigenvalue weighted by Gasteiger charge is 2.31. The Hall–Kier alpha value is -1.67. The first kappa shape index (κ1) is 19.1. The number of amides is 2. The Labute approximate surface area is 155 Å². The largest absolute Gasteiger partial charge is 0.467 e. The molecule has 0 aromatic heterocycles. The lowest BCUT2D eigenvalue weighted by molar-refractivity contribution is -0.0172. The predicted molar refractivity (Wildman–Crippen MR) is 97.1 cm³/mol. The van der Waals surface area contributed by atoms with Crippen LogP contribution in [0.4, 0.5) is 9.18 Å². The first-order valence-corrected chi connectivity index (χ1v) is 10.1. The van der Waals surface area contributed by atoms with Crippen LogP contribution in [0.2, 0.25) is 0 Å². The van der Waals surface area contributed by atoms with Crippen LogP contribution >= 0.6 is 0 Å². The van der Waals surface area contributed by atoms with Crippen LogP contribution in [-0.2, 0) is 28.6 Å². The third kappa shape index (κ3) is 4.35. The van der Waals surface area contributed by atoms with E-state index in [2.05, 4.69) is 5.32 Å². The normalized spacial score (nSPS) is 22.1. The Balaban J connectivity index is 1.56. The minimum absolute atomic E-state index is 0.151. The van der Waals surface area contributed by atoms with Gasteiger partial charge in [-0.15, -0.1) is 0 Å². The van der Waals surface area contributed by atoms with Gasteiger partial charge in [0.05, 0.1) is 6.61 Å². The van der Waals surface area contributed by atoms with Crippen molar-refractivity contribution in [3.05, 3.63) is 29.1 Å². The lowest BCUT2D eigenvalue weighted by atomic mass is 10.1. The van der Waals surface area contributed by atoms with Crippen molar-refractivity contribution in [3.63, 3.8) is 0 Å². The maximum Gasteiger partial charge on any atom is 0.317 e. The van der Waals surface area contributed by atoms with E-state index < -0.39 is 10.8 Å². The number of hydrogen-bond acceptors (Lipinski definition) is 4. The molecule has 144 valence electrons. The summed E-state index contributed by atoms with van der Waals surface area (Å²) in [6, 6.07) is 2.68. The summed E-state index contributed by atoms with van der Waals surface area (Å²) < 4.78 is 36.3. The fourth-order valence-corrected chi connectivity index (χ4v) is 4.42. The number of urea groups is 1. The third-order valence-corrected chi connectivity index (χ3v) is 6.85. The van der Waals surface area contributed by atoms with Crippen molar-refractivity contribution < 1.29 is 22.9 Å². The molecule has 8 heteroatoms. The molecule has 0 saturated carbocycles. The van der Waals surface area contributed by atoms with E-state index in [-0.39, 0.29) is 23.4 Å². The van der Waals surface area contributed by atoms with Gasteiger partial charge >= 0.3 is 6.03 Å². The topological polar surface area (TPSA) is 67.9 Å². The molecule has 1 aromatic rings. The average molecular weight is 384 g/mol. The van der Waals surface area contributed by atoms with Crippen molar-refractivity contribution in [1.82, 2.24) is 10.2 Å². The Morgan fingerprint density at radius 1 is 1.38 bits per heavy atom. The fourth-order valence-electron chi connectivity index (χ4n) is 3.16. The van der Waals surface area contributed by atoms with Crippen LogP contribution in [0, 0.1) is 5.82 Å². The van der Waals surface area contributed by atoms with Crippen LogP contribution in [0.25, 0.3) is 0 Å². The highest BCUT2D eigenvalue weighted by molar-refractivity contribution is 7.86. The van der Waals surface area contributed by atoms with E-state index in [1.165, 1.54) is 12.1 Å². The SMILES string of the molecule is CC1(C)CCN(C(=O)NCCc2cc(F)cc3c2OCOC3)CCS1=O. The first-order chi connectivity index (χ1) is 12.4. The Kier molecular flexibility index (Phi) is 5.82. The maximum absolute atomic E-state index is 13.8. The maximum atomic E-state index is 13.8. The molecule has 2 aliphatic rings. The number of nitrogens with one attached hydrogen (secondary N) is 1. The number of benzene rings is 1. The molecule has 0 aliphatic carbocycles. The first-order valence-electron chi connectivity index (χ1n) is 8.80. The number of halogens is 1. The van der Waals surface area contributed by atoms with Gasteiger partial charge in [0.1, 0.15) is 11.6 Å². The number of carbonyl (C=O) groups is 1. The molecule has 2 amide bonds. The third-order valence-electron chi connectivity index (χ3n) is 4.86. The fraction of sp³-hybridized carbons (Fsp3) is 0.611. The number of nitrogens with zero attached hydrogens (tertiary/aromatic N) is 1. The van der Waals surface area contributed by atoms with E-state index in [1.807, 2.05) is 13.8 Å². The molecule has 0 bridgehead atoms. The minimum Gasteiger partial charge on any atom is -0.467 e. The Bertz CT molecular complexity index is 711. The van der Waals surface area contributed by atoms with Crippen LogP contribution in [0.15, 0.2) is 12.1 Å². The van der Waals surface area contributed by atoms with Gasteiger partial charge in [0.15, 0.2) is 6.79 Å². The second-order valence-corrected chi connectivity index (χ2v) is 9.40. The van der Waals surface area contributed by atoms with Crippen molar-refractivity contribution in [2.45, 2.75) is 38.0 Å². The highest BCUT2D eigenvalue weighted by Crippen LogP contribution is 2.29. The molecule has 3 rings (SSSR count). The van der Waals surface area contributed by atoms with Crippen LogP contribution in [-0.4, -0.2) is 52.1 Å². The van der Waals surface area contributed by atoms with Gasteiger partial charge in [-0.05, 0) is 44.4 Å². The highest BCUT2D eigenvalue weighted by atomic mass is 32.2. The van der Waals surface area contributed by atoms with Gasteiger partial charge in [-0.2, -0.15) is 0 Å². The minimum atomic E-state index is -0.937. The van der Waals surface area contributed by atoms with Crippen LogP contribution in [0.5, 0.6) is 5.75 Å². The van der Waals surface area contributed by atoms with Crippen LogP contribution < -0.4 is 10.1 Å². The second-order valence-electron chi connectivity index (χ2n) is 7.19. The summed E-state index contributed by atoms with van der Waals surface area (Å²) in [5.41, 5.74) is 1.41. The summed E-state index contributed by atoms with van der Waals surface area (Å²) in [5, 5.41) is 2.88. The summed E-state index contributed by atoms with van der Waals surface area (Å²) in [4.78, 5) is 14.1. The van der Waals surface area contributed by atoms with Crippen LogP contribution in [0.1, 0.15) is 31.4 Å². The Morgan fingerprint density at radius 3 is 3.00 bits per heavy atom. The van der Waals surface area contributed by atoms with Crippen molar-refractivity contribution in [3.8, 4) is 5.75 Å². The molecule has 1 atom stereocenters. The monoisotopic (exact) mass is 384 g/mol. The lowest BCUT2D eigenvalue weighted by Gasteiger charge is -2.23. The van der Waals surface area contributed by atoms with E-state index >= 15 is 0 Å². The summed E-state index contributed by atoms with van der Waals surface area (Å²) in [6.07, 6.45) is 1.18. The molecule has 1 N–H and O–H groups in total. The molecule has 1 fully saturated rings. The molecule has 1 aromatic carbocycles. The molecule has 1 saturated heterocycles. The number of rotatable bonds is 3. The Morgan fingerprint density at radius 2 is 2.19 bits per heavy atom. The quantitative estimate of drug-likeness (QED) is 0.867.